The minimum atomic E-state index is -0.241. The standard InChI is InChI=1S/C17H22ClFN2/c1-11-6-4-3-5-7-15(11)21-16-9-8-13(19)10-14(16)20-17(21)12(2)18/h8-12,15H,3-7H2,1-2H3. The molecule has 21 heavy (non-hydrogen) atoms. The smallest absolute Gasteiger partial charge is 0.127 e. The molecule has 1 aromatic carbocycles. The first-order valence-electron chi connectivity index (χ1n) is 7.89. The molecule has 0 saturated heterocycles. The van der Waals surface area contributed by atoms with Crippen LogP contribution in [0.3, 0.4) is 0 Å². The van der Waals surface area contributed by atoms with Gasteiger partial charge in [-0.1, -0.05) is 26.2 Å². The van der Waals surface area contributed by atoms with Crippen molar-refractivity contribution < 1.29 is 4.39 Å². The molecule has 4 heteroatoms. The fraction of sp³-hybridized carbons (Fsp3) is 0.588. The van der Waals surface area contributed by atoms with Gasteiger partial charge in [-0.2, -0.15) is 0 Å². The average molecular weight is 309 g/mol. The largest absolute Gasteiger partial charge is 0.323 e. The highest BCUT2D eigenvalue weighted by Gasteiger charge is 2.27. The Morgan fingerprint density at radius 2 is 2.05 bits per heavy atom. The second kappa shape index (κ2) is 5.96. The van der Waals surface area contributed by atoms with E-state index in [-0.39, 0.29) is 11.2 Å². The van der Waals surface area contributed by atoms with Crippen LogP contribution in [0.2, 0.25) is 0 Å². The molecule has 0 N–H and O–H groups in total. The van der Waals surface area contributed by atoms with Crippen molar-refractivity contribution in [2.24, 2.45) is 5.92 Å². The second-order valence-corrected chi connectivity index (χ2v) is 6.93. The van der Waals surface area contributed by atoms with Gasteiger partial charge in [0.05, 0.1) is 16.4 Å². The summed E-state index contributed by atoms with van der Waals surface area (Å²) in [6.07, 6.45) is 6.23. The normalized spacial score (nSPS) is 25.0. The van der Waals surface area contributed by atoms with E-state index in [4.69, 9.17) is 11.6 Å². The van der Waals surface area contributed by atoms with Gasteiger partial charge < -0.3 is 4.57 Å². The quantitative estimate of drug-likeness (QED) is 0.520. The Kier molecular flexibility index (Phi) is 4.21. The number of aromatic nitrogens is 2. The summed E-state index contributed by atoms with van der Waals surface area (Å²) >= 11 is 6.35. The van der Waals surface area contributed by atoms with Gasteiger partial charge in [-0.15, -0.1) is 11.6 Å². The predicted molar refractivity (Wildman–Crippen MR) is 85.2 cm³/mol. The van der Waals surface area contributed by atoms with E-state index in [9.17, 15) is 4.39 Å². The molecule has 0 bridgehead atoms. The lowest BCUT2D eigenvalue weighted by Crippen LogP contribution is -2.18. The van der Waals surface area contributed by atoms with E-state index in [0.29, 0.717) is 17.5 Å². The predicted octanol–water partition coefficient (Wildman–Crippen LogP) is 5.62. The number of hydrogen-bond acceptors (Lipinski definition) is 1. The lowest BCUT2D eigenvalue weighted by Gasteiger charge is -2.26. The molecule has 0 amide bonds. The fourth-order valence-corrected chi connectivity index (χ4v) is 3.73. The van der Waals surface area contributed by atoms with Crippen LogP contribution in [0.5, 0.6) is 0 Å². The van der Waals surface area contributed by atoms with Crippen LogP contribution < -0.4 is 0 Å². The van der Waals surface area contributed by atoms with Crippen molar-refractivity contribution in [3.8, 4) is 0 Å². The summed E-state index contributed by atoms with van der Waals surface area (Å²) in [6.45, 7) is 4.25. The van der Waals surface area contributed by atoms with Crippen LogP contribution in [0.25, 0.3) is 11.0 Å². The Balaban J connectivity index is 2.16. The molecule has 3 rings (SSSR count). The number of halogens is 2. The number of imidazole rings is 1. The zero-order valence-corrected chi connectivity index (χ0v) is 13.4. The molecule has 1 aliphatic rings. The Bertz CT molecular complexity index is 635. The van der Waals surface area contributed by atoms with E-state index >= 15 is 0 Å². The molecule has 1 fully saturated rings. The maximum absolute atomic E-state index is 13.5. The molecule has 0 aliphatic heterocycles. The van der Waals surface area contributed by atoms with Crippen molar-refractivity contribution in [2.75, 3.05) is 0 Å². The number of hydrogen-bond donors (Lipinski definition) is 0. The molecule has 1 aliphatic carbocycles. The summed E-state index contributed by atoms with van der Waals surface area (Å²) in [5, 5.41) is -0.170. The second-order valence-electron chi connectivity index (χ2n) is 6.27. The van der Waals surface area contributed by atoms with Crippen LogP contribution in [0.1, 0.15) is 63.2 Å². The van der Waals surface area contributed by atoms with Gasteiger partial charge in [-0.3, -0.25) is 0 Å². The van der Waals surface area contributed by atoms with Crippen molar-refractivity contribution in [3.05, 3.63) is 29.8 Å². The van der Waals surface area contributed by atoms with E-state index in [1.165, 1.54) is 37.8 Å². The first-order chi connectivity index (χ1) is 10.1. The molecule has 3 atom stereocenters. The van der Waals surface area contributed by atoms with E-state index < -0.39 is 0 Å². The van der Waals surface area contributed by atoms with Crippen molar-refractivity contribution in [1.29, 1.82) is 0 Å². The van der Waals surface area contributed by atoms with Crippen LogP contribution in [-0.2, 0) is 0 Å². The molecular weight excluding hydrogens is 287 g/mol. The first kappa shape index (κ1) is 14.8. The topological polar surface area (TPSA) is 17.8 Å². The highest BCUT2D eigenvalue weighted by molar-refractivity contribution is 6.20. The molecule has 1 saturated carbocycles. The maximum Gasteiger partial charge on any atom is 0.127 e. The number of fused-ring (bicyclic) bond motifs is 1. The minimum Gasteiger partial charge on any atom is -0.323 e. The Labute approximate surface area is 130 Å². The summed E-state index contributed by atoms with van der Waals surface area (Å²) < 4.78 is 15.8. The Morgan fingerprint density at radius 1 is 1.29 bits per heavy atom. The van der Waals surface area contributed by atoms with E-state index in [1.807, 2.05) is 13.0 Å². The molecule has 2 nitrogen and oxygen atoms in total. The molecule has 3 unspecified atom stereocenters. The third-order valence-electron chi connectivity index (χ3n) is 4.68. The summed E-state index contributed by atoms with van der Waals surface area (Å²) in [5.74, 6) is 1.23. The Morgan fingerprint density at radius 3 is 2.81 bits per heavy atom. The fourth-order valence-electron chi connectivity index (χ4n) is 3.58. The van der Waals surface area contributed by atoms with Gasteiger partial charge in [-0.25, -0.2) is 9.37 Å². The van der Waals surface area contributed by atoms with Crippen LogP contribution in [0.15, 0.2) is 18.2 Å². The van der Waals surface area contributed by atoms with Crippen molar-refractivity contribution >= 4 is 22.6 Å². The number of alkyl halides is 1. The molecule has 2 aromatic rings. The maximum atomic E-state index is 13.5. The Hall–Kier alpha value is -1.09. The summed E-state index contributed by atoms with van der Waals surface area (Å²) in [6, 6.07) is 5.29. The summed E-state index contributed by atoms with van der Waals surface area (Å²) in [4.78, 5) is 4.60. The molecular formula is C17H22ClFN2. The van der Waals surface area contributed by atoms with E-state index in [0.717, 1.165) is 17.8 Å². The van der Waals surface area contributed by atoms with E-state index in [2.05, 4.69) is 16.5 Å². The minimum absolute atomic E-state index is 0.170. The summed E-state index contributed by atoms with van der Waals surface area (Å²) in [5.41, 5.74) is 1.73. The molecule has 1 aromatic heterocycles. The monoisotopic (exact) mass is 308 g/mol. The van der Waals surface area contributed by atoms with E-state index in [1.54, 1.807) is 0 Å². The summed E-state index contributed by atoms with van der Waals surface area (Å²) in [7, 11) is 0. The highest BCUT2D eigenvalue weighted by Crippen LogP contribution is 2.37. The van der Waals surface area contributed by atoms with Gasteiger partial charge in [0.25, 0.3) is 0 Å². The number of nitrogens with zero attached hydrogens (tertiary/aromatic N) is 2. The average Bonchev–Trinajstić information content (AvgIpc) is 2.68. The zero-order chi connectivity index (χ0) is 15.0. The molecule has 0 spiro atoms. The van der Waals surface area contributed by atoms with Gasteiger partial charge in [0.2, 0.25) is 0 Å². The van der Waals surface area contributed by atoms with Crippen molar-refractivity contribution in [1.82, 2.24) is 9.55 Å². The van der Waals surface area contributed by atoms with Crippen LogP contribution >= 0.6 is 11.6 Å². The third-order valence-corrected chi connectivity index (χ3v) is 4.88. The van der Waals surface area contributed by atoms with Crippen molar-refractivity contribution in [2.45, 2.75) is 57.4 Å². The van der Waals surface area contributed by atoms with Crippen LogP contribution in [-0.4, -0.2) is 9.55 Å². The van der Waals surface area contributed by atoms with Crippen LogP contribution in [0, 0.1) is 11.7 Å². The third kappa shape index (κ3) is 2.80. The van der Waals surface area contributed by atoms with Gasteiger partial charge in [0.15, 0.2) is 0 Å². The molecule has 114 valence electrons. The molecule has 0 radical (unpaired) electrons. The van der Waals surface area contributed by atoms with Crippen molar-refractivity contribution in [3.63, 3.8) is 0 Å². The first-order valence-corrected chi connectivity index (χ1v) is 8.33. The van der Waals surface area contributed by atoms with Crippen LogP contribution in [0.4, 0.5) is 4.39 Å². The van der Waals surface area contributed by atoms with Gasteiger partial charge in [0, 0.05) is 12.1 Å². The number of rotatable bonds is 2. The lowest BCUT2D eigenvalue weighted by atomic mass is 9.96. The highest BCUT2D eigenvalue weighted by atomic mass is 35.5. The zero-order valence-electron chi connectivity index (χ0n) is 12.6. The number of benzene rings is 1. The van der Waals surface area contributed by atoms with Gasteiger partial charge in [0.1, 0.15) is 11.6 Å². The van der Waals surface area contributed by atoms with Gasteiger partial charge in [-0.05, 0) is 37.8 Å². The molecule has 1 heterocycles. The SMILES string of the molecule is CC(Cl)c1nc2cc(F)ccc2n1C1CCCCCC1C. The lowest BCUT2D eigenvalue weighted by molar-refractivity contribution is 0.333. The van der Waals surface area contributed by atoms with Gasteiger partial charge >= 0.3 is 0 Å².